The molecule has 1 aliphatic heterocycles. The SMILES string of the molecule is C[C@@]1(O)CCN(Cc2ccn[nH]2)C[C@H]1Oc1ccccc1. The standard InChI is InChI=1S/C16H21N3O2/c1-16(20)8-10-19(11-13-7-9-17-18-13)12-15(16)21-14-5-3-2-4-6-14/h2-7,9,15,20H,8,10-12H2,1H3,(H,17,18)/t15-,16-/m1/s1. The average Bonchev–Trinajstić information content (AvgIpc) is 2.97. The van der Waals surface area contributed by atoms with E-state index in [1.165, 1.54) is 0 Å². The fraction of sp³-hybridized carbons (Fsp3) is 0.438. The molecule has 2 N–H and O–H groups in total. The van der Waals surface area contributed by atoms with Crippen LogP contribution in [0.3, 0.4) is 0 Å². The Kier molecular flexibility index (Phi) is 3.94. The number of hydrogen-bond acceptors (Lipinski definition) is 4. The van der Waals surface area contributed by atoms with Crippen LogP contribution in [-0.2, 0) is 6.54 Å². The minimum Gasteiger partial charge on any atom is -0.486 e. The minimum atomic E-state index is -0.805. The van der Waals surface area contributed by atoms with Crippen LogP contribution in [0.1, 0.15) is 19.0 Å². The third-order valence-corrected chi connectivity index (χ3v) is 4.03. The number of rotatable bonds is 4. The lowest BCUT2D eigenvalue weighted by atomic mass is 9.90. The Bertz CT molecular complexity index is 554. The van der Waals surface area contributed by atoms with Crippen molar-refractivity contribution in [2.45, 2.75) is 31.6 Å². The Morgan fingerprint density at radius 1 is 1.38 bits per heavy atom. The van der Waals surface area contributed by atoms with E-state index in [0.717, 1.165) is 24.5 Å². The highest BCUT2D eigenvalue weighted by molar-refractivity contribution is 5.22. The Labute approximate surface area is 124 Å². The predicted octanol–water partition coefficient (Wildman–Crippen LogP) is 1.81. The summed E-state index contributed by atoms with van der Waals surface area (Å²) in [6, 6.07) is 11.6. The summed E-state index contributed by atoms with van der Waals surface area (Å²) >= 11 is 0. The zero-order valence-electron chi connectivity index (χ0n) is 12.2. The molecule has 2 atom stereocenters. The van der Waals surface area contributed by atoms with Gasteiger partial charge in [0.05, 0.1) is 0 Å². The molecular formula is C16H21N3O2. The van der Waals surface area contributed by atoms with Gasteiger partial charge in [0.25, 0.3) is 0 Å². The van der Waals surface area contributed by atoms with Gasteiger partial charge in [0, 0.05) is 31.5 Å². The van der Waals surface area contributed by atoms with Crippen molar-refractivity contribution >= 4 is 0 Å². The Balaban J connectivity index is 1.67. The van der Waals surface area contributed by atoms with E-state index in [1.54, 1.807) is 6.20 Å². The summed E-state index contributed by atoms with van der Waals surface area (Å²) in [7, 11) is 0. The first kappa shape index (κ1) is 14.1. The van der Waals surface area contributed by atoms with Crippen molar-refractivity contribution in [2.75, 3.05) is 13.1 Å². The van der Waals surface area contributed by atoms with Crippen LogP contribution >= 0.6 is 0 Å². The quantitative estimate of drug-likeness (QED) is 0.900. The van der Waals surface area contributed by atoms with Gasteiger partial charge in [-0.25, -0.2) is 0 Å². The third kappa shape index (κ3) is 3.43. The summed E-state index contributed by atoms with van der Waals surface area (Å²) < 4.78 is 6.00. The van der Waals surface area contributed by atoms with E-state index in [0.29, 0.717) is 13.0 Å². The van der Waals surface area contributed by atoms with Gasteiger partial charge in [-0.3, -0.25) is 10.00 Å². The number of piperidine rings is 1. The Hall–Kier alpha value is -1.85. The molecule has 0 spiro atoms. The van der Waals surface area contributed by atoms with Crippen LogP contribution in [0.5, 0.6) is 5.75 Å². The maximum atomic E-state index is 10.6. The van der Waals surface area contributed by atoms with Gasteiger partial charge in [0.15, 0.2) is 0 Å². The molecule has 0 bridgehead atoms. The number of aromatic nitrogens is 2. The van der Waals surface area contributed by atoms with Crippen LogP contribution in [0.2, 0.25) is 0 Å². The zero-order chi connectivity index (χ0) is 14.7. The van der Waals surface area contributed by atoms with Crippen LogP contribution in [0.25, 0.3) is 0 Å². The number of aromatic amines is 1. The molecule has 1 fully saturated rings. The fourth-order valence-corrected chi connectivity index (χ4v) is 2.65. The number of H-pyrrole nitrogens is 1. The van der Waals surface area contributed by atoms with Crippen molar-refractivity contribution in [3.63, 3.8) is 0 Å². The molecule has 21 heavy (non-hydrogen) atoms. The van der Waals surface area contributed by atoms with E-state index in [4.69, 9.17) is 4.74 Å². The molecule has 1 aromatic heterocycles. The summed E-state index contributed by atoms with van der Waals surface area (Å²) in [6.07, 6.45) is 2.21. The highest BCUT2D eigenvalue weighted by Crippen LogP contribution is 2.27. The molecule has 2 heterocycles. The zero-order valence-corrected chi connectivity index (χ0v) is 12.2. The molecular weight excluding hydrogens is 266 g/mol. The number of likely N-dealkylation sites (tertiary alicyclic amines) is 1. The van der Waals surface area contributed by atoms with Crippen molar-refractivity contribution in [1.29, 1.82) is 0 Å². The van der Waals surface area contributed by atoms with E-state index in [-0.39, 0.29) is 6.10 Å². The highest BCUT2D eigenvalue weighted by atomic mass is 16.5. The molecule has 2 aromatic rings. The van der Waals surface area contributed by atoms with Gasteiger partial charge < -0.3 is 9.84 Å². The van der Waals surface area contributed by atoms with Crippen molar-refractivity contribution in [3.05, 3.63) is 48.3 Å². The number of nitrogens with zero attached hydrogens (tertiary/aromatic N) is 2. The smallest absolute Gasteiger partial charge is 0.140 e. The normalized spacial score (nSPS) is 26.7. The number of para-hydroxylation sites is 1. The molecule has 3 rings (SSSR count). The van der Waals surface area contributed by atoms with E-state index in [1.807, 2.05) is 43.3 Å². The van der Waals surface area contributed by atoms with Gasteiger partial charge in [-0.1, -0.05) is 18.2 Å². The van der Waals surface area contributed by atoms with Crippen LogP contribution in [0, 0.1) is 0 Å². The van der Waals surface area contributed by atoms with E-state index in [2.05, 4.69) is 15.1 Å². The van der Waals surface area contributed by atoms with Crippen LogP contribution in [0.4, 0.5) is 0 Å². The number of ether oxygens (including phenoxy) is 1. The van der Waals surface area contributed by atoms with Crippen LogP contribution in [-0.4, -0.2) is 45.0 Å². The van der Waals surface area contributed by atoms with Gasteiger partial charge in [-0.2, -0.15) is 5.10 Å². The third-order valence-electron chi connectivity index (χ3n) is 4.03. The van der Waals surface area contributed by atoms with Gasteiger partial charge in [0.1, 0.15) is 17.5 Å². The summed E-state index contributed by atoms with van der Waals surface area (Å²) in [4.78, 5) is 2.28. The summed E-state index contributed by atoms with van der Waals surface area (Å²) in [5.74, 6) is 0.797. The molecule has 1 aromatic carbocycles. The van der Waals surface area contributed by atoms with Crippen molar-refractivity contribution < 1.29 is 9.84 Å². The second-order valence-corrected chi connectivity index (χ2v) is 5.84. The predicted molar refractivity (Wildman–Crippen MR) is 80.0 cm³/mol. The van der Waals surface area contributed by atoms with Crippen molar-refractivity contribution in [1.82, 2.24) is 15.1 Å². The van der Waals surface area contributed by atoms with Crippen molar-refractivity contribution in [3.8, 4) is 5.75 Å². The lowest BCUT2D eigenvalue weighted by Gasteiger charge is -2.42. The lowest BCUT2D eigenvalue weighted by Crippen LogP contribution is -2.56. The molecule has 1 saturated heterocycles. The first-order chi connectivity index (χ1) is 10.1. The molecule has 0 saturated carbocycles. The lowest BCUT2D eigenvalue weighted by molar-refractivity contribution is -0.0966. The molecule has 0 unspecified atom stereocenters. The molecule has 1 aliphatic rings. The van der Waals surface area contributed by atoms with E-state index >= 15 is 0 Å². The molecule has 0 radical (unpaired) electrons. The first-order valence-electron chi connectivity index (χ1n) is 7.28. The molecule has 0 aliphatic carbocycles. The molecule has 112 valence electrons. The van der Waals surface area contributed by atoms with Gasteiger partial charge in [-0.15, -0.1) is 0 Å². The van der Waals surface area contributed by atoms with Gasteiger partial charge in [0.2, 0.25) is 0 Å². The van der Waals surface area contributed by atoms with Gasteiger partial charge in [-0.05, 0) is 31.5 Å². The maximum absolute atomic E-state index is 10.6. The first-order valence-corrected chi connectivity index (χ1v) is 7.28. The summed E-state index contributed by atoms with van der Waals surface area (Å²) in [5.41, 5.74) is 0.273. The summed E-state index contributed by atoms with van der Waals surface area (Å²) in [5, 5.41) is 17.5. The number of hydrogen-bond donors (Lipinski definition) is 2. The fourth-order valence-electron chi connectivity index (χ4n) is 2.65. The highest BCUT2D eigenvalue weighted by Gasteiger charge is 2.39. The Morgan fingerprint density at radius 3 is 2.90 bits per heavy atom. The largest absolute Gasteiger partial charge is 0.486 e. The minimum absolute atomic E-state index is 0.239. The number of benzene rings is 1. The maximum Gasteiger partial charge on any atom is 0.140 e. The second kappa shape index (κ2) is 5.87. The van der Waals surface area contributed by atoms with Crippen LogP contribution < -0.4 is 4.74 Å². The van der Waals surface area contributed by atoms with E-state index < -0.39 is 5.60 Å². The Morgan fingerprint density at radius 2 is 2.19 bits per heavy atom. The topological polar surface area (TPSA) is 61.4 Å². The van der Waals surface area contributed by atoms with E-state index in [9.17, 15) is 5.11 Å². The number of aliphatic hydroxyl groups is 1. The summed E-state index contributed by atoms with van der Waals surface area (Å²) in [6.45, 7) is 4.19. The average molecular weight is 287 g/mol. The monoisotopic (exact) mass is 287 g/mol. The van der Waals surface area contributed by atoms with Gasteiger partial charge >= 0.3 is 0 Å². The van der Waals surface area contributed by atoms with Crippen LogP contribution in [0.15, 0.2) is 42.6 Å². The molecule has 5 nitrogen and oxygen atoms in total. The second-order valence-electron chi connectivity index (χ2n) is 5.84. The molecule has 0 amide bonds. The van der Waals surface area contributed by atoms with Crippen molar-refractivity contribution in [2.24, 2.45) is 0 Å². The molecule has 5 heteroatoms. The number of nitrogens with one attached hydrogen (secondary N) is 1.